The van der Waals surface area contributed by atoms with E-state index in [1.54, 1.807) is 10.6 Å². The van der Waals surface area contributed by atoms with Crippen LogP contribution in [0.25, 0.3) is 10.9 Å². The van der Waals surface area contributed by atoms with E-state index in [4.69, 9.17) is 0 Å². The Kier molecular flexibility index (Phi) is 3.49. The Bertz CT molecular complexity index is 1090. The zero-order valence-electron chi connectivity index (χ0n) is 14.3. The van der Waals surface area contributed by atoms with Gasteiger partial charge in [0.1, 0.15) is 0 Å². The number of sulfonamides is 1. The number of nitrogens with zero attached hydrogens (tertiary/aromatic N) is 2. The summed E-state index contributed by atoms with van der Waals surface area (Å²) in [6, 6.07) is 4.43. The molecule has 0 atom stereocenters. The monoisotopic (exact) mass is 363 g/mol. The topological polar surface area (TPSA) is 90.2 Å². The molecule has 8 heteroatoms. The fourth-order valence-corrected chi connectivity index (χ4v) is 4.54. The highest BCUT2D eigenvalue weighted by atomic mass is 32.2. The maximum atomic E-state index is 12.6. The van der Waals surface area contributed by atoms with E-state index in [-0.39, 0.29) is 21.5 Å². The van der Waals surface area contributed by atoms with Crippen LogP contribution in [0.15, 0.2) is 32.7 Å². The first-order valence-corrected chi connectivity index (χ1v) is 9.96. The number of fused-ring (bicyclic) bond motifs is 1. The van der Waals surface area contributed by atoms with Gasteiger partial charge in [0, 0.05) is 19.1 Å². The summed E-state index contributed by atoms with van der Waals surface area (Å²) in [6.45, 7) is 2.42. The van der Waals surface area contributed by atoms with Crippen LogP contribution >= 0.6 is 0 Å². The van der Waals surface area contributed by atoms with Crippen molar-refractivity contribution in [2.45, 2.75) is 49.6 Å². The van der Waals surface area contributed by atoms with Gasteiger partial charge in [0.15, 0.2) is 0 Å². The summed E-state index contributed by atoms with van der Waals surface area (Å²) in [7, 11) is -2.27. The number of benzene rings is 1. The van der Waals surface area contributed by atoms with Crippen molar-refractivity contribution in [3.8, 4) is 0 Å². The molecule has 0 spiro atoms. The molecule has 1 N–H and O–H groups in total. The van der Waals surface area contributed by atoms with Crippen molar-refractivity contribution in [3.63, 3.8) is 0 Å². The SMILES string of the molecule is Cn1c(=O)c2cc(S(=O)(=O)NC3(C)CC3)ccc2n(CC2CC2)c1=O. The Hall–Kier alpha value is -1.93. The number of rotatable bonds is 5. The summed E-state index contributed by atoms with van der Waals surface area (Å²) in [6.07, 6.45) is 3.77. The summed E-state index contributed by atoms with van der Waals surface area (Å²) in [5, 5.41) is 0.256. The predicted molar refractivity (Wildman–Crippen MR) is 94.1 cm³/mol. The molecule has 0 amide bonds. The zero-order chi connectivity index (χ0) is 18.0. The van der Waals surface area contributed by atoms with Gasteiger partial charge in [-0.1, -0.05) is 0 Å². The second-order valence-electron chi connectivity index (χ2n) is 7.55. The minimum Gasteiger partial charge on any atom is -0.293 e. The summed E-state index contributed by atoms with van der Waals surface area (Å²) in [5.41, 5.74) is -0.717. The fraction of sp³-hybridized carbons (Fsp3) is 0.529. The van der Waals surface area contributed by atoms with Gasteiger partial charge in [-0.2, -0.15) is 0 Å². The molecule has 2 aliphatic carbocycles. The summed E-state index contributed by atoms with van der Waals surface area (Å²) in [4.78, 5) is 25.0. The lowest BCUT2D eigenvalue weighted by atomic mass is 10.2. The van der Waals surface area contributed by atoms with Gasteiger partial charge in [-0.25, -0.2) is 17.9 Å². The number of nitrogens with one attached hydrogen (secondary N) is 1. The molecule has 2 aromatic rings. The van der Waals surface area contributed by atoms with E-state index >= 15 is 0 Å². The number of hydrogen-bond donors (Lipinski definition) is 1. The molecule has 1 heterocycles. The Morgan fingerprint density at radius 3 is 2.52 bits per heavy atom. The summed E-state index contributed by atoms with van der Waals surface area (Å²) >= 11 is 0. The molecule has 2 fully saturated rings. The third kappa shape index (κ3) is 2.93. The second kappa shape index (κ2) is 5.28. The molecule has 0 aliphatic heterocycles. The molecule has 1 aromatic heterocycles. The molecule has 7 nitrogen and oxygen atoms in total. The van der Waals surface area contributed by atoms with Crippen molar-refractivity contribution in [1.29, 1.82) is 0 Å². The van der Waals surface area contributed by atoms with E-state index in [2.05, 4.69) is 4.72 Å². The lowest BCUT2D eigenvalue weighted by Gasteiger charge is -2.15. The molecule has 134 valence electrons. The lowest BCUT2D eigenvalue weighted by Crippen LogP contribution is -2.39. The number of aromatic nitrogens is 2. The average Bonchev–Trinajstić information content (AvgIpc) is 3.48. The van der Waals surface area contributed by atoms with Crippen molar-refractivity contribution in [2.24, 2.45) is 13.0 Å². The Balaban J connectivity index is 1.88. The predicted octanol–water partition coefficient (Wildman–Crippen LogP) is 0.941. The molecule has 2 saturated carbocycles. The van der Waals surface area contributed by atoms with Crippen LogP contribution in [0.2, 0.25) is 0 Å². The highest BCUT2D eigenvalue weighted by Gasteiger charge is 2.41. The Morgan fingerprint density at radius 1 is 1.24 bits per heavy atom. The molecule has 0 radical (unpaired) electrons. The van der Waals surface area contributed by atoms with Gasteiger partial charge >= 0.3 is 5.69 Å². The maximum absolute atomic E-state index is 12.6. The summed E-state index contributed by atoms with van der Waals surface area (Å²) in [5.74, 6) is 0.457. The van der Waals surface area contributed by atoms with Crippen molar-refractivity contribution >= 4 is 20.9 Å². The molecule has 4 rings (SSSR count). The van der Waals surface area contributed by atoms with Gasteiger partial charge in [-0.3, -0.25) is 13.9 Å². The van der Waals surface area contributed by atoms with Crippen molar-refractivity contribution in [2.75, 3.05) is 0 Å². The van der Waals surface area contributed by atoms with Crippen LogP contribution in [-0.4, -0.2) is 23.1 Å². The van der Waals surface area contributed by atoms with Gasteiger partial charge in [0.05, 0.1) is 15.8 Å². The fourth-order valence-electron chi connectivity index (χ4n) is 3.05. The van der Waals surface area contributed by atoms with E-state index in [0.717, 1.165) is 30.3 Å². The molecular weight excluding hydrogens is 342 g/mol. The molecular formula is C17H21N3O4S. The largest absolute Gasteiger partial charge is 0.331 e. The van der Waals surface area contributed by atoms with E-state index in [0.29, 0.717) is 18.0 Å². The van der Waals surface area contributed by atoms with Crippen LogP contribution in [0.5, 0.6) is 0 Å². The van der Waals surface area contributed by atoms with Crippen LogP contribution in [0.1, 0.15) is 32.6 Å². The molecule has 1 aromatic carbocycles. The van der Waals surface area contributed by atoms with E-state index in [9.17, 15) is 18.0 Å². The van der Waals surface area contributed by atoms with E-state index in [1.807, 2.05) is 6.92 Å². The van der Waals surface area contributed by atoms with Gasteiger partial charge in [0.25, 0.3) is 5.56 Å². The third-order valence-electron chi connectivity index (χ3n) is 5.14. The standard InChI is InChI=1S/C17H21N3O4S/c1-17(7-8-17)18-25(23,24)12-5-6-14-13(9-12)15(21)19(2)16(22)20(14)10-11-3-4-11/h5-6,9,11,18H,3-4,7-8,10H2,1-2H3. The molecule has 0 unspecified atom stereocenters. The molecule has 0 bridgehead atoms. The lowest BCUT2D eigenvalue weighted by molar-refractivity contribution is 0.558. The summed E-state index contributed by atoms with van der Waals surface area (Å²) < 4.78 is 30.5. The Labute approximate surface area is 145 Å². The highest BCUT2D eigenvalue weighted by molar-refractivity contribution is 7.89. The van der Waals surface area contributed by atoms with Gasteiger partial charge < -0.3 is 0 Å². The van der Waals surface area contributed by atoms with Gasteiger partial charge in [0.2, 0.25) is 10.0 Å². The third-order valence-corrected chi connectivity index (χ3v) is 6.78. The first-order valence-electron chi connectivity index (χ1n) is 8.48. The quantitative estimate of drug-likeness (QED) is 0.856. The smallest absolute Gasteiger partial charge is 0.293 e. The molecule has 2 aliphatic rings. The highest BCUT2D eigenvalue weighted by Crippen LogP contribution is 2.36. The van der Waals surface area contributed by atoms with Crippen molar-refractivity contribution < 1.29 is 8.42 Å². The first kappa shape index (κ1) is 16.5. The average molecular weight is 363 g/mol. The first-order chi connectivity index (χ1) is 11.7. The van der Waals surface area contributed by atoms with Gasteiger partial charge in [-0.05, 0) is 56.7 Å². The van der Waals surface area contributed by atoms with Crippen LogP contribution in [0.3, 0.4) is 0 Å². The van der Waals surface area contributed by atoms with E-state index < -0.39 is 15.6 Å². The normalized spacial score (nSPS) is 19.3. The minimum absolute atomic E-state index is 0.0573. The minimum atomic E-state index is -3.70. The zero-order valence-corrected chi connectivity index (χ0v) is 15.1. The van der Waals surface area contributed by atoms with Crippen LogP contribution in [-0.2, 0) is 23.6 Å². The van der Waals surface area contributed by atoms with Crippen molar-refractivity contribution in [1.82, 2.24) is 13.9 Å². The second-order valence-corrected chi connectivity index (χ2v) is 9.23. The maximum Gasteiger partial charge on any atom is 0.331 e. The van der Waals surface area contributed by atoms with E-state index in [1.165, 1.54) is 19.2 Å². The van der Waals surface area contributed by atoms with Gasteiger partial charge in [-0.15, -0.1) is 0 Å². The van der Waals surface area contributed by atoms with Crippen molar-refractivity contribution in [3.05, 3.63) is 39.0 Å². The van der Waals surface area contributed by atoms with Crippen LogP contribution in [0, 0.1) is 5.92 Å². The number of hydrogen-bond acceptors (Lipinski definition) is 4. The van der Waals surface area contributed by atoms with Crippen LogP contribution < -0.4 is 16.0 Å². The molecule has 0 saturated heterocycles. The molecule has 25 heavy (non-hydrogen) atoms. The van der Waals surface area contributed by atoms with Crippen LogP contribution in [0.4, 0.5) is 0 Å². The Morgan fingerprint density at radius 2 is 1.92 bits per heavy atom.